The number of ether oxygens (including phenoxy) is 2. The number of hydrogen-bond donors (Lipinski definition) is 0. The van der Waals surface area contributed by atoms with Crippen molar-refractivity contribution in [3.63, 3.8) is 0 Å². The number of rotatable bonds is 27. The predicted molar refractivity (Wildman–Crippen MR) is 198 cm³/mol. The number of thiophene rings is 1. The number of aryl methyl sites for hydroxylation is 1. The first kappa shape index (κ1) is 39.1. The normalized spacial score (nSPS) is 13.0. The molecule has 45 heavy (non-hydrogen) atoms. The zero-order valence-corrected chi connectivity index (χ0v) is 31.0. The Morgan fingerprint density at radius 1 is 0.733 bits per heavy atom. The van der Waals surface area contributed by atoms with Crippen molar-refractivity contribution in [3.8, 4) is 10.8 Å². The molecule has 6 heteroatoms. The minimum atomic E-state index is 0.569. The van der Waals surface area contributed by atoms with E-state index in [4.69, 9.17) is 19.7 Å². The van der Waals surface area contributed by atoms with Crippen molar-refractivity contribution in [1.29, 1.82) is 0 Å². The van der Waals surface area contributed by atoms with E-state index in [-0.39, 0.29) is 0 Å². The van der Waals surface area contributed by atoms with Crippen LogP contribution >= 0.6 is 11.3 Å². The van der Waals surface area contributed by atoms with E-state index in [1.165, 1.54) is 106 Å². The van der Waals surface area contributed by atoms with Gasteiger partial charge in [0.15, 0.2) is 5.75 Å². The van der Waals surface area contributed by atoms with Gasteiger partial charge in [-0.15, -0.1) is 10.2 Å². The molecule has 0 saturated heterocycles. The lowest BCUT2D eigenvalue weighted by Crippen LogP contribution is -2.30. The summed E-state index contributed by atoms with van der Waals surface area (Å²) >= 11 is 1.50. The van der Waals surface area contributed by atoms with Crippen molar-refractivity contribution < 1.29 is 9.47 Å². The summed E-state index contributed by atoms with van der Waals surface area (Å²) in [5, 5.41) is 11.1. The van der Waals surface area contributed by atoms with Gasteiger partial charge in [-0.2, -0.15) is 0 Å². The average molecular weight is 642 g/mol. The van der Waals surface area contributed by atoms with Crippen molar-refractivity contribution >= 4 is 27.7 Å². The molecule has 0 spiro atoms. The molecule has 2 aromatic rings. The maximum absolute atomic E-state index is 6.23. The Kier molecular flexibility index (Phi) is 21.0. The van der Waals surface area contributed by atoms with Crippen LogP contribution in [0.4, 0.5) is 16.4 Å². The average Bonchev–Trinajstić information content (AvgIpc) is 3.47. The van der Waals surface area contributed by atoms with Crippen LogP contribution in [0, 0.1) is 11.8 Å². The minimum Gasteiger partial charge on any atom is -0.488 e. The molecule has 2 rings (SSSR count). The third kappa shape index (κ3) is 14.9. The molecule has 1 heterocycles. The molecular formula is C39H67N3O2S. The van der Waals surface area contributed by atoms with Crippen LogP contribution in [-0.2, 0) is 6.42 Å². The van der Waals surface area contributed by atoms with Gasteiger partial charge in [0.25, 0.3) is 0 Å². The van der Waals surface area contributed by atoms with Crippen molar-refractivity contribution in [2.75, 3.05) is 31.7 Å². The number of hydrogen-bond acceptors (Lipinski definition) is 6. The molecular weight excluding hydrogens is 575 g/mol. The molecule has 0 radical (unpaired) electrons. The van der Waals surface area contributed by atoms with Gasteiger partial charge in [-0.05, 0) is 67.7 Å². The largest absolute Gasteiger partial charge is 0.488 e. The monoisotopic (exact) mass is 641 g/mol. The second kappa shape index (κ2) is 24.1. The smallest absolute Gasteiger partial charge is 0.218 e. The molecule has 0 saturated carbocycles. The van der Waals surface area contributed by atoms with Gasteiger partial charge < -0.3 is 14.4 Å². The molecule has 256 valence electrons. The number of nitrogens with zero attached hydrogens (tertiary/aromatic N) is 3. The topological polar surface area (TPSA) is 46.4 Å². The summed E-state index contributed by atoms with van der Waals surface area (Å²) in [7, 11) is 1.71. The first-order valence-corrected chi connectivity index (χ1v) is 19.4. The van der Waals surface area contributed by atoms with E-state index < -0.39 is 0 Å². The summed E-state index contributed by atoms with van der Waals surface area (Å²) in [5.41, 5.74) is 3.63. The summed E-state index contributed by atoms with van der Waals surface area (Å²) in [6, 6.07) is 8.90. The molecule has 0 bridgehead atoms. The fraction of sp³-hybridized carbons (Fsp3) is 0.744. The van der Waals surface area contributed by atoms with Crippen LogP contribution in [0.25, 0.3) is 0 Å². The Balaban J connectivity index is 2.25. The van der Waals surface area contributed by atoms with Crippen molar-refractivity contribution in [1.82, 2.24) is 0 Å². The van der Waals surface area contributed by atoms with E-state index in [9.17, 15) is 0 Å². The molecule has 0 N–H and O–H groups in total. The third-order valence-corrected chi connectivity index (χ3v) is 10.1. The summed E-state index contributed by atoms with van der Waals surface area (Å²) in [6.45, 7) is 16.7. The molecule has 0 aliphatic carbocycles. The van der Waals surface area contributed by atoms with Crippen molar-refractivity contribution in [2.45, 2.75) is 151 Å². The van der Waals surface area contributed by atoms with Gasteiger partial charge in [-0.25, -0.2) is 0 Å². The van der Waals surface area contributed by atoms with Crippen molar-refractivity contribution in [2.24, 2.45) is 22.1 Å². The van der Waals surface area contributed by atoms with Gasteiger partial charge in [0.2, 0.25) is 5.06 Å². The zero-order valence-electron chi connectivity index (χ0n) is 30.2. The first-order valence-electron chi connectivity index (χ1n) is 18.6. The van der Waals surface area contributed by atoms with Crippen LogP contribution in [0.2, 0.25) is 0 Å². The molecule has 0 amide bonds. The van der Waals surface area contributed by atoms with E-state index in [2.05, 4.69) is 64.6 Å². The quantitative estimate of drug-likeness (QED) is 0.0720. The van der Waals surface area contributed by atoms with Crippen LogP contribution in [0.1, 0.15) is 150 Å². The highest BCUT2D eigenvalue weighted by Crippen LogP contribution is 2.43. The van der Waals surface area contributed by atoms with Gasteiger partial charge >= 0.3 is 0 Å². The van der Waals surface area contributed by atoms with E-state index in [1.54, 1.807) is 7.11 Å². The molecule has 2 atom stereocenters. The van der Waals surface area contributed by atoms with Crippen molar-refractivity contribution in [3.05, 3.63) is 29.8 Å². The minimum absolute atomic E-state index is 0.569. The number of benzene rings is 1. The Morgan fingerprint density at radius 3 is 2.07 bits per heavy atom. The maximum Gasteiger partial charge on any atom is 0.218 e. The van der Waals surface area contributed by atoms with E-state index >= 15 is 0 Å². The summed E-state index contributed by atoms with van der Waals surface area (Å²) in [5.74, 6) is 2.10. The highest BCUT2D eigenvalue weighted by atomic mass is 32.1. The molecule has 1 aromatic heterocycles. The zero-order chi connectivity index (χ0) is 32.7. The number of unbranched alkanes of at least 4 members (excludes halogenated alkanes) is 8. The standard InChI is InChI=1S/C39H67N3O2S/c1-8-14-18-19-20-21-27-42(30-32(12-5)22-15-9-2)35-25-26-36(34(28-35)24-17-11-4)40-41-38-29-37(39(43-7)45-38)44-31-33(13-6)23-16-10-3/h25-26,28-29,32-33H,8-24,27,30-31H2,1-7H3/b41-40+. The van der Waals surface area contributed by atoms with Gasteiger partial charge in [0, 0.05) is 24.8 Å². The second-order valence-corrected chi connectivity index (χ2v) is 13.9. The Morgan fingerprint density at radius 2 is 1.40 bits per heavy atom. The highest BCUT2D eigenvalue weighted by molar-refractivity contribution is 7.17. The molecule has 5 nitrogen and oxygen atoms in total. The third-order valence-electron chi connectivity index (χ3n) is 9.14. The lowest BCUT2D eigenvalue weighted by atomic mass is 9.97. The van der Waals surface area contributed by atoms with Crippen LogP contribution < -0.4 is 14.4 Å². The van der Waals surface area contributed by atoms with Crippen LogP contribution in [0.15, 0.2) is 34.5 Å². The summed E-state index contributed by atoms with van der Waals surface area (Å²) in [6.07, 6.45) is 21.3. The van der Waals surface area contributed by atoms with Crippen LogP contribution in [0.5, 0.6) is 10.8 Å². The fourth-order valence-corrected chi connectivity index (χ4v) is 6.66. The number of anilines is 1. The number of methoxy groups -OCH3 is 1. The highest BCUT2D eigenvalue weighted by Gasteiger charge is 2.17. The first-order chi connectivity index (χ1) is 22.0. The molecule has 2 unspecified atom stereocenters. The predicted octanol–water partition coefficient (Wildman–Crippen LogP) is 13.5. The Labute approximate surface area is 281 Å². The molecule has 1 aromatic carbocycles. The van der Waals surface area contributed by atoms with E-state index in [1.807, 2.05) is 6.07 Å². The van der Waals surface area contributed by atoms with E-state index in [0.717, 1.165) is 72.8 Å². The maximum atomic E-state index is 6.23. The van der Waals surface area contributed by atoms with E-state index in [0.29, 0.717) is 5.92 Å². The lowest BCUT2D eigenvalue weighted by Gasteiger charge is -2.30. The SMILES string of the molecule is CCCCCCCCN(CC(CC)CCCC)c1ccc(/N=N/c2cc(OCC(CC)CCCC)c(OC)s2)c(CCCC)c1. The van der Waals surface area contributed by atoms with Gasteiger partial charge in [-0.1, -0.05) is 130 Å². The number of azo groups is 1. The van der Waals surface area contributed by atoms with Gasteiger partial charge in [0.1, 0.15) is 5.00 Å². The lowest BCUT2D eigenvalue weighted by molar-refractivity contribution is 0.226. The fourth-order valence-electron chi connectivity index (χ4n) is 5.92. The Bertz CT molecular complexity index is 1050. The molecule has 0 fully saturated rings. The molecule has 0 aliphatic rings. The summed E-state index contributed by atoms with van der Waals surface area (Å²) in [4.78, 5) is 2.68. The van der Waals surface area contributed by atoms with Crippen LogP contribution in [0.3, 0.4) is 0 Å². The molecule has 0 aliphatic heterocycles. The van der Waals surface area contributed by atoms with Gasteiger partial charge in [0.05, 0.1) is 19.4 Å². The summed E-state index contributed by atoms with van der Waals surface area (Å²) < 4.78 is 11.9. The van der Waals surface area contributed by atoms with Gasteiger partial charge in [-0.3, -0.25) is 0 Å². The van der Waals surface area contributed by atoms with Crippen LogP contribution in [-0.4, -0.2) is 26.8 Å². The second-order valence-electron chi connectivity index (χ2n) is 12.9. The Hall–Kier alpha value is -2.08.